The van der Waals surface area contributed by atoms with Gasteiger partial charge in [0.05, 0.1) is 26.0 Å². The molecule has 1 aromatic carbocycles. The molecule has 112 valence electrons. The van der Waals surface area contributed by atoms with Crippen molar-refractivity contribution in [2.75, 3.05) is 20.8 Å². The van der Waals surface area contributed by atoms with Crippen LogP contribution in [0.25, 0.3) is 0 Å². The fourth-order valence-corrected chi connectivity index (χ4v) is 2.26. The molecule has 0 aliphatic heterocycles. The van der Waals surface area contributed by atoms with Crippen molar-refractivity contribution in [1.82, 2.24) is 15.3 Å². The minimum Gasteiger partial charge on any atom is -0.493 e. The number of benzene rings is 1. The highest BCUT2D eigenvalue weighted by molar-refractivity contribution is 5.45. The zero-order valence-electron chi connectivity index (χ0n) is 12.9. The van der Waals surface area contributed by atoms with Gasteiger partial charge in [-0.2, -0.15) is 0 Å². The van der Waals surface area contributed by atoms with Gasteiger partial charge in [0.2, 0.25) is 0 Å². The third kappa shape index (κ3) is 3.49. The molecule has 1 heterocycles. The number of aromatic nitrogens is 2. The van der Waals surface area contributed by atoms with Crippen molar-refractivity contribution >= 4 is 0 Å². The first-order valence-corrected chi connectivity index (χ1v) is 6.94. The van der Waals surface area contributed by atoms with E-state index in [1.165, 1.54) is 0 Å². The molecule has 0 aliphatic rings. The Morgan fingerprint density at radius 3 is 2.52 bits per heavy atom. The number of nitrogens with one attached hydrogen (secondary N) is 1. The van der Waals surface area contributed by atoms with Gasteiger partial charge in [-0.25, -0.2) is 9.97 Å². The fraction of sp³-hybridized carbons (Fsp3) is 0.375. The Bertz CT molecular complexity index is 602. The lowest BCUT2D eigenvalue weighted by Crippen LogP contribution is -2.23. The van der Waals surface area contributed by atoms with Crippen LogP contribution in [0.3, 0.4) is 0 Å². The van der Waals surface area contributed by atoms with Gasteiger partial charge >= 0.3 is 0 Å². The summed E-state index contributed by atoms with van der Waals surface area (Å²) in [4.78, 5) is 8.67. The van der Waals surface area contributed by atoms with E-state index in [2.05, 4.69) is 22.2 Å². The van der Waals surface area contributed by atoms with Crippen LogP contribution in [-0.4, -0.2) is 30.7 Å². The molecule has 2 rings (SSSR count). The molecule has 0 radical (unpaired) electrons. The van der Waals surface area contributed by atoms with Gasteiger partial charge in [-0.15, -0.1) is 0 Å². The molecule has 1 aromatic heterocycles. The summed E-state index contributed by atoms with van der Waals surface area (Å²) in [7, 11) is 3.27. The van der Waals surface area contributed by atoms with Crippen molar-refractivity contribution in [3.05, 3.63) is 47.5 Å². The summed E-state index contributed by atoms with van der Waals surface area (Å²) in [6.45, 7) is 4.80. The maximum atomic E-state index is 5.38. The number of rotatable bonds is 6. The second-order valence-electron chi connectivity index (χ2n) is 4.63. The van der Waals surface area contributed by atoms with Gasteiger partial charge < -0.3 is 14.8 Å². The smallest absolute Gasteiger partial charge is 0.161 e. The lowest BCUT2D eigenvalue weighted by Gasteiger charge is -2.19. The second kappa shape index (κ2) is 7.04. The van der Waals surface area contributed by atoms with Crippen molar-refractivity contribution in [2.24, 2.45) is 0 Å². The fourth-order valence-electron chi connectivity index (χ4n) is 2.26. The van der Waals surface area contributed by atoms with Gasteiger partial charge in [0, 0.05) is 6.20 Å². The number of ether oxygens (including phenoxy) is 2. The molecule has 0 saturated carbocycles. The SMILES string of the molecule is CCNC(c1ccc(OC)c(OC)c1)c1ccnc(C)n1. The lowest BCUT2D eigenvalue weighted by atomic mass is 10.0. The van der Waals surface area contributed by atoms with Crippen LogP contribution >= 0.6 is 0 Å². The maximum Gasteiger partial charge on any atom is 0.161 e. The van der Waals surface area contributed by atoms with Crippen LogP contribution in [-0.2, 0) is 0 Å². The number of hydrogen-bond acceptors (Lipinski definition) is 5. The van der Waals surface area contributed by atoms with Crippen LogP contribution in [0.4, 0.5) is 0 Å². The summed E-state index contributed by atoms with van der Waals surface area (Å²) in [5.41, 5.74) is 2.02. The molecular weight excluding hydrogens is 266 g/mol. The topological polar surface area (TPSA) is 56.3 Å². The molecule has 0 fully saturated rings. The van der Waals surface area contributed by atoms with Crippen LogP contribution in [0, 0.1) is 6.92 Å². The van der Waals surface area contributed by atoms with E-state index in [-0.39, 0.29) is 6.04 Å². The van der Waals surface area contributed by atoms with Crippen molar-refractivity contribution in [3.8, 4) is 11.5 Å². The molecule has 0 amide bonds. The predicted molar refractivity (Wildman–Crippen MR) is 81.8 cm³/mol. The minimum absolute atomic E-state index is 0.00324. The van der Waals surface area contributed by atoms with Crippen molar-refractivity contribution in [1.29, 1.82) is 0 Å². The van der Waals surface area contributed by atoms with Gasteiger partial charge in [-0.05, 0) is 37.2 Å². The van der Waals surface area contributed by atoms with E-state index < -0.39 is 0 Å². The third-order valence-corrected chi connectivity index (χ3v) is 3.24. The molecule has 0 saturated heterocycles. The molecule has 21 heavy (non-hydrogen) atoms. The lowest BCUT2D eigenvalue weighted by molar-refractivity contribution is 0.354. The van der Waals surface area contributed by atoms with E-state index in [1.54, 1.807) is 20.4 Å². The summed E-state index contributed by atoms with van der Waals surface area (Å²) in [5.74, 6) is 2.19. The van der Waals surface area contributed by atoms with E-state index in [4.69, 9.17) is 9.47 Å². The molecule has 1 N–H and O–H groups in total. The van der Waals surface area contributed by atoms with Gasteiger partial charge in [0.15, 0.2) is 11.5 Å². The molecule has 5 heteroatoms. The molecule has 1 unspecified atom stereocenters. The van der Waals surface area contributed by atoms with Crippen LogP contribution in [0.2, 0.25) is 0 Å². The van der Waals surface area contributed by atoms with E-state index in [1.807, 2.05) is 31.2 Å². The Balaban J connectivity index is 2.43. The molecular formula is C16H21N3O2. The molecule has 0 aliphatic carbocycles. The molecule has 2 aromatic rings. The molecule has 1 atom stereocenters. The van der Waals surface area contributed by atoms with Crippen molar-refractivity contribution in [3.63, 3.8) is 0 Å². The summed E-state index contributed by atoms with van der Waals surface area (Å²) < 4.78 is 10.7. The van der Waals surface area contributed by atoms with E-state index in [0.717, 1.165) is 29.4 Å². The first-order chi connectivity index (χ1) is 10.2. The second-order valence-corrected chi connectivity index (χ2v) is 4.63. The van der Waals surface area contributed by atoms with Crippen molar-refractivity contribution in [2.45, 2.75) is 19.9 Å². The Kier molecular flexibility index (Phi) is 5.11. The number of hydrogen-bond donors (Lipinski definition) is 1. The first-order valence-electron chi connectivity index (χ1n) is 6.94. The monoisotopic (exact) mass is 287 g/mol. The molecule has 0 bridgehead atoms. The van der Waals surface area contributed by atoms with E-state index in [0.29, 0.717) is 5.75 Å². The molecule has 0 spiro atoms. The maximum absolute atomic E-state index is 5.38. The zero-order valence-corrected chi connectivity index (χ0v) is 12.9. The third-order valence-electron chi connectivity index (χ3n) is 3.24. The Hall–Kier alpha value is -2.14. The highest BCUT2D eigenvalue weighted by Crippen LogP contribution is 2.31. The normalized spacial score (nSPS) is 12.0. The summed E-state index contributed by atoms with van der Waals surface area (Å²) in [5, 5.41) is 3.44. The zero-order chi connectivity index (χ0) is 15.2. The number of aryl methyl sites for hydroxylation is 1. The van der Waals surface area contributed by atoms with E-state index >= 15 is 0 Å². The Morgan fingerprint density at radius 2 is 1.90 bits per heavy atom. The van der Waals surface area contributed by atoms with Crippen LogP contribution in [0.1, 0.15) is 30.0 Å². The van der Waals surface area contributed by atoms with Gasteiger partial charge in [-0.1, -0.05) is 13.0 Å². The van der Waals surface area contributed by atoms with Crippen LogP contribution < -0.4 is 14.8 Å². The van der Waals surface area contributed by atoms with Crippen molar-refractivity contribution < 1.29 is 9.47 Å². The van der Waals surface area contributed by atoms with Crippen LogP contribution in [0.5, 0.6) is 11.5 Å². The average molecular weight is 287 g/mol. The number of methoxy groups -OCH3 is 2. The standard InChI is InChI=1S/C16H21N3O2/c1-5-17-16(13-8-9-18-11(2)19-13)12-6-7-14(20-3)15(10-12)21-4/h6-10,16-17H,5H2,1-4H3. The first kappa shape index (κ1) is 15.3. The van der Waals surface area contributed by atoms with Gasteiger partial charge in [-0.3, -0.25) is 0 Å². The predicted octanol–water partition coefficient (Wildman–Crippen LogP) is 2.50. The summed E-state index contributed by atoms with van der Waals surface area (Å²) in [6, 6.07) is 7.83. The molecule has 5 nitrogen and oxygen atoms in total. The van der Waals surface area contributed by atoms with Crippen LogP contribution in [0.15, 0.2) is 30.5 Å². The van der Waals surface area contributed by atoms with Gasteiger partial charge in [0.25, 0.3) is 0 Å². The largest absolute Gasteiger partial charge is 0.493 e. The minimum atomic E-state index is -0.00324. The van der Waals surface area contributed by atoms with E-state index in [9.17, 15) is 0 Å². The summed E-state index contributed by atoms with van der Waals surface area (Å²) >= 11 is 0. The Morgan fingerprint density at radius 1 is 1.14 bits per heavy atom. The quantitative estimate of drug-likeness (QED) is 0.884. The average Bonchev–Trinajstić information content (AvgIpc) is 2.52. The van der Waals surface area contributed by atoms with Gasteiger partial charge in [0.1, 0.15) is 5.82 Å². The summed E-state index contributed by atoms with van der Waals surface area (Å²) in [6.07, 6.45) is 1.78. The Labute approximate surface area is 125 Å². The number of nitrogens with zero attached hydrogens (tertiary/aromatic N) is 2. The highest BCUT2D eigenvalue weighted by atomic mass is 16.5. The highest BCUT2D eigenvalue weighted by Gasteiger charge is 2.17.